The van der Waals surface area contributed by atoms with Crippen molar-refractivity contribution in [1.82, 2.24) is 4.98 Å². The van der Waals surface area contributed by atoms with Gasteiger partial charge >= 0.3 is 0 Å². The molecule has 1 aromatic heterocycles. The fraction of sp³-hybridized carbons (Fsp3) is 0.600. The second kappa shape index (κ2) is 5.88. The largest absolute Gasteiger partial charge is 0.381 e. The number of aryl methyl sites for hydroxylation is 1. The first-order chi connectivity index (χ1) is 6.72. The third-order valence-electron chi connectivity index (χ3n) is 1.77. The van der Waals surface area contributed by atoms with Crippen molar-refractivity contribution in [3.05, 3.63) is 16.1 Å². The van der Waals surface area contributed by atoms with Crippen LogP contribution >= 0.6 is 11.3 Å². The molecule has 0 unspecified atom stereocenters. The van der Waals surface area contributed by atoms with Crippen LogP contribution in [-0.2, 0) is 16.0 Å². The van der Waals surface area contributed by atoms with E-state index >= 15 is 0 Å². The van der Waals surface area contributed by atoms with Crippen LogP contribution in [0.15, 0.2) is 5.38 Å². The van der Waals surface area contributed by atoms with Crippen LogP contribution < -0.4 is 0 Å². The molecule has 0 amide bonds. The molecule has 0 saturated heterocycles. The number of carbonyl (C=O) groups is 1. The molecule has 0 aliphatic carbocycles. The van der Waals surface area contributed by atoms with Crippen LogP contribution in [0.1, 0.15) is 24.0 Å². The molecule has 3 nitrogen and oxygen atoms in total. The number of carbonyl (C=O) groups excluding carboxylic acids is 1. The molecule has 0 bridgehead atoms. The van der Waals surface area contributed by atoms with E-state index in [1.807, 2.05) is 19.2 Å². The molecule has 78 valence electrons. The fourth-order valence-electron chi connectivity index (χ4n) is 1.11. The summed E-state index contributed by atoms with van der Waals surface area (Å²) in [7, 11) is 0. The molecule has 14 heavy (non-hydrogen) atoms. The van der Waals surface area contributed by atoms with Crippen LogP contribution in [-0.4, -0.2) is 24.0 Å². The summed E-state index contributed by atoms with van der Waals surface area (Å²) in [6.45, 7) is 5.06. The molecule has 0 N–H and O–H groups in total. The van der Waals surface area contributed by atoms with Gasteiger partial charge in [0, 0.05) is 24.8 Å². The van der Waals surface area contributed by atoms with Gasteiger partial charge in [-0.25, -0.2) is 4.98 Å². The van der Waals surface area contributed by atoms with Crippen LogP contribution in [0.2, 0.25) is 0 Å². The van der Waals surface area contributed by atoms with Gasteiger partial charge in [0.1, 0.15) is 5.78 Å². The zero-order chi connectivity index (χ0) is 10.4. The number of hydrogen-bond acceptors (Lipinski definition) is 4. The maximum Gasteiger partial charge on any atom is 0.141 e. The smallest absolute Gasteiger partial charge is 0.141 e. The molecule has 0 fully saturated rings. The summed E-state index contributed by atoms with van der Waals surface area (Å²) in [6.07, 6.45) is 0.932. The van der Waals surface area contributed by atoms with Gasteiger partial charge in [-0.05, 0) is 13.8 Å². The lowest BCUT2D eigenvalue weighted by Crippen LogP contribution is -2.07. The van der Waals surface area contributed by atoms with E-state index in [-0.39, 0.29) is 5.78 Å². The summed E-state index contributed by atoms with van der Waals surface area (Å²) in [4.78, 5) is 15.6. The highest BCUT2D eigenvalue weighted by molar-refractivity contribution is 7.09. The molecule has 0 aliphatic heterocycles. The maximum absolute atomic E-state index is 11.4. The van der Waals surface area contributed by atoms with Gasteiger partial charge in [0.25, 0.3) is 0 Å². The Morgan fingerprint density at radius 2 is 2.43 bits per heavy atom. The quantitative estimate of drug-likeness (QED) is 0.678. The van der Waals surface area contributed by atoms with Gasteiger partial charge in [0.05, 0.1) is 17.3 Å². The van der Waals surface area contributed by atoms with Gasteiger partial charge in [-0.3, -0.25) is 4.79 Å². The molecular weight excluding hydrogens is 198 g/mol. The lowest BCUT2D eigenvalue weighted by Gasteiger charge is -1.99. The lowest BCUT2D eigenvalue weighted by atomic mass is 10.2. The van der Waals surface area contributed by atoms with Crippen LogP contribution in [0.4, 0.5) is 0 Å². The van der Waals surface area contributed by atoms with E-state index in [9.17, 15) is 4.79 Å². The van der Waals surface area contributed by atoms with Crippen LogP contribution in [0.25, 0.3) is 0 Å². The number of thiazole rings is 1. The lowest BCUT2D eigenvalue weighted by molar-refractivity contribution is -0.119. The first-order valence-corrected chi connectivity index (χ1v) is 5.60. The Bertz CT molecular complexity index is 296. The zero-order valence-corrected chi connectivity index (χ0v) is 9.39. The van der Waals surface area contributed by atoms with Crippen LogP contribution in [0.3, 0.4) is 0 Å². The average molecular weight is 213 g/mol. The summed E-state index contributed by atoms with van der Waals surface area (Å²) >= 11 is 1.58. The predicted octanol–water partition coefficient (Wildman–Crippen LogP) is 1.99. The summed E-state index contributed by atoms with van der Waals surface area (Å²) in [5, 5.41) is 2.95. The van der Waals surface area contributed by atoms with Gasteiger partial charge < -0.3 is 4.74 Å². The summed E-state index contributed by atoms with van der Waals surface area (Å²) in [5.41, 5.74) is 0.883. The number of ketones is 1. The highest BCUT2D eigenvalue weighted by Crippen LogP contribution is 2.09. The number of nitrogens with zero attached hydrogens (tertiary/aromatic N) is 1. The Labute approximate surface area is 88.1 Å². The zero-order valence-electron chi connectivity index (χ0n) is 8.58. The van der Waals surface area contributed by atoms with Gasteiger partial charge in [-0.2, -0.15) is 0 Å². The van der Waals surface area contributed by atoms with Gasteiger partial charge in [-0.1, -0.05) is 0 Å². The highest BCUT2D eigenvalue weighted by atomic mass is 32.1. The van der Waals surface area contributed by atoms with Crippen molar-refractivity contribution < 1.29 is 9.53 Å². The van der Waals surface area contributed by atoms with E-state index in [1.54, 1.807) is 11.3 Å². The van der Waals surface area contributed by atoms with E-state index in [4.69, 9.17) is 4.74 Å². The Balaban J connectivity index is 2.27. The molecule has 0 radical (unpaired) electrons. The van der Waals surface area contributed by atoms with Crippen molar-refractivity contribution in [3.8, 4) is 0 Å². The summed E-state index contributed by atoms with van der Waals surface area (Å²) in [6, 6.07) is 0. The first-order valence-electron chi connectivity index (χ1n) is 4.72. The monoisotopic (exact) mass is 213 g/mol. The Morgan fingerprint density at radius 3 is 3.00 bits per heavy atom. The number of ether oxygens (including phenoxy) is 1. The molecule has 4 heteroatoms. The molecule has 0 aliphatic rings. The standard InChI is InChI=1S/C10H15NO2S/c1-3-13-5-4-10(12)6-9-7-14-8(2)11-9/h7H,3-6H2,1-2H3. The second-order valence-electron chi connectivity index (χ2n) is 3.02. The third-order valence-corrected chi connectivity index (χ3v) is 2.60. The highest BCUT2D eigenvalue weighted by Gasteiger charge is 2.05. The molecule has 0 spiro atoms. The van der Waals surface area contributed by atoms with E-state index in [1.165, 1.54) is 0 Å². The molecule has 0 saturated carbocycles. The van der Waals surface area contributed by atoms with Gasteiger partial charge in [0.2, 0.25) is 0 Å². The number of hydrogen-bond donors (Lipinski definition) is 0. The maximum atomic E-state index is 11.4. The minimum absolute atomic E-state index is 0.198. The topological polar surface area (TPSA) is 39.2 Å². The molecule has 0 aromatic carbocycles. The number of rotatable bonds is 6. The van der Waals surface area contributed by atoms with Crippen LogP contribution in [0.5, 0.6) is 0 Å². The first kappa shape index (κ1) is 11.3. The molecule has 0 atom stereocenters. The van der Waals surface area contributed by atoms with Crippen molar-refractivity contribution in [2.45, 2.75) is 26.7 Å². The fourth-order valence-corrected chi connectivity index (χ4v) is 1.72. The predicted molar refractivity (Wildman–Crippen MR) is 56.7 cm³/mol. The molecule has 1 rings (SSSR count). The van der Waals surface area contributed by atoms with Gasteiger partial charge in [-0.15, -0.1) is 11.3 Å². The minimum Gasteiger partial charge on any atom is -0.381 e. The molecular formula is C10H15NO2S. The third kappa shape index (κ3) is 3.98. The van der Waals surface area contributed by atoms with Crippen molar-refractivity contribution in [1.29, 1.82) is 0 Å². The Morgan fingerprint density at radius 1 is 1.64 bits per heavy atom. The molecule has 1 heterocycles. The molecule has 1 aromatic rings. The van der Waals surface area contributed by atoms with Crippen molar-refractivity contribution in [2.75, 3.05) is 13.2 Å². The summed E-state index contributed by atoms with van der Waals surface area (Å²) < 4.78 is 5.11. The van der Waals surface area contributed by atoms with E-state index in [0.717, 1.165) is 10.7 Å². The van der Waals surface area contributed by atoms with Crippen molar-refractivity contribution >= 4 is 17.1 Å². The summed E-state index contributed by atoms with van der Waals surface area (Å²) in [5.74, 6) is 0.198. The number of aromatic nitrogens is 1. The van der Waals surface area contributed by atoms with Gasteiger partial charge in [0.15, 0.2) is 0 Å². The van der Waals surface area contributed by atoms with E-state index in [0.29, 0.717) is 26.1 Å². The van der Waals surface area contributed by atoms with Crippen LogP contribution in [0, 0.1) is 6.92 Å². The normalized spacial score (nSPS) is 10.4. The Hall–Kier alpha value is -0.740. The van der Waals surface area contributed by atoms with E-state index < -0.39 is 0 Å². The van der Waals surface area contributed by atoms with E-state index in [2.05, 4.69) is 4.98 Å². The average Bonchev–Trinajstić information content (AvgIpc) is 2.52. The minimum atomic E-state index is 0.198. The Kier molecular flexibility index (Phi) is 4.76. The van der Waals surface area contributed by atoms with Crippen molar-refractivity contribution in [3.63, 3.8) is 0 Å². The number of Topliss-reactive ketones (excluding diaryl/α,β-unsaturated/α-hetero) is 1. The second-order valence-corrected chi connectivity index (χ2v) is 4.08. The van der Waals surface area contributed by atoms with Crippen molar-refractivity contribution in [2.24, 2.45) is 0 Å². The SMILES string of the molecule is CCOCCC(=O)Cc1csc(C)n1.